The van der Waals surface area contributed by atoms with Crippen LogP contribution in [0.15, 0.2) is 48.7 Å². The predicted molar refractivity (Wildman–Crippen MR) is 126 cm³/mol. The van der Waals surface area contributed by atoms with Gasteiger partial charge in [0.2, 0.25) is 0 Å². The zero-order valence-electron chi connectivity index (χ0n) is 18.5. The van der Waals surface area contributed by atoms with Crippen molar-refractivity contribution in [1.29, 1.82) is 0 Å². The highest BCUT2D eigenvalue weighted by Gasteiger charge is 2.22. The Balaban J connectivity index is 1.63. The molecule has 0 bridgehead atoms. The number of aromatic nitrogens is 2. The molecule has 0 saturated carbocycles. The number of piperidine rings is 1. The van der Waals surface area contributed by atoms with Gasteiger partial charge in [-0.05, 0) is 56.3 Å². The van der Waals surface area contributed by atoms with E-state index in [0.29, 0.717) is 22.0 Å². The van der Waals surface area contributed by atoms with Gasteiger partial charge in [0.25, 0.3) is 5.91 Å². The van der Waals surface area contributed by atoms with Crippen LogP contribution in [-0.2, 0) is 7.05 Å². The van der Waals surface area contributed by atoms with Crippen molar-refractivity contribution in [2.45, 2.75) is 18.9 Å². The highest BCUT2D eigenvalue weighted by Crippen LogP contribution is 2.37. The minimum absolute atomic E-state index is 0.133. The second-order valence-corrected chi connectivity index (χ2v) is 8.39. The highest BCUT2D eigenvalue weighted by atomic mass is 35.5. The number of hydrogen-bond acceptors (Lipinski definition) is 5. The molecule has 0 atom stereocenters. The van der Waals surface area contributed by atoms with Gasteiger partial charge in [0.15, 0.2) is 0 Å². The summed E-state index contributed by atoms with van der Waals surface area (Å²) in [6, 6.07) is 12.6. The van der Waals surface area contributed by atoms with Gasteiger partial charge < -0.3 is 19.7 Å². The van der Waals surface area contributed by atoms with Gasteiger partial charge in [-0.2, -0.15) is 5.10 Å². The number of aryl methyl sites for hydroxylation is 1. The van der Waals surface area contributed by atoms with E-state index in [4.69, 9.17) is 21.1 Å². The molecule has 4 rings (SSSR count). The van der Waals surface area contributed by atoms with Gasteiger partial charge in [0.1, 0.15) is 17.6 Å². The number of carbonyl (C=O) groups excluding carboxylic acids is 1. The lowest BCUT2D eigenvalue weighted by molar-refractivity contribution is 0.102. The number of carbonyl (C=O) groups is 1. The van der Waals surface area contributed by atoms with E-state index in [1.165, 1.54) is 0 Å². The van der Waals surface area contributed by atoms with Crippen molar-refractivity contribution in [3.63, 3.8) is 0 Å². The van der Waals surface area contributed by atoms with E-state index in [-0.39, 0.29) is 12.0 Å². The fourth-order valence-corrected chi connectivity index (χ4v) is 4.13. The van der Waals surface area contributed by atoms with E-state index in [2.05, 4.69) is 22.4 Å². The SMILES string of the molecule is COc1cccc(C(=O)Nc2ccc(OC3CCN(C)CC3)c(-c3c(Cl)cnn3C)c2)c1. The quantitative estimate of drug-likeness (QED) is 0.595. The molecule has 1 aliphatic rings. The lowest BCUT2D eigenvalue weighted by Crippen LogP contribution is -2.35. The van der Waals surface area contributed by atoms with Gasteiger partial charge in [-0.1, -0.05) is 17.7 Å². The summed E-state index contributed by atoms with van der Waals surface area (Å²) < 4.78 is 13.3. The number of ether oxygens (including phenoxy) is 2. The summed E-state index contributed by atoms with van der Waals surface area (Å²) in [5.74, 6) is 1.13. The average molecular weight is 455 g/mol. The van der Waals surface area contributed by atoms with Gasteiger partial charge in [-0.15, -0.1) is 0 Å². The number of benzene rings is 2. The first-order valence-electron chi connectivity index (χ1n) is 10.6. The maximum atomic E-state index is 12.8. The molecule has 0 unspecified atom stereocenters. The van der Waals surface area contributed by atoms with Gasteiger partial charge in [0, 0.05) is 37.0 Å². The number of likely N-dealkylation sites (tertiary alicyclic amines) is 1. The van der Waals surface area contributed by atoms with Crippen molar-refractivity contribution >= 4 is 23.2 Å². The fourth-order valence-electron chi connectivity index (χ4n) is 3.86. The molecule has 2 aromatic carbocycles. The lowest BCUT2D eigenvalue weighted by atomic mass is 10.1. The Morgan fingerprint density at radius 2 is 1.94 bits per heavy atom. The van der Waals surface area contributed by atoms with Gasteiger partial charge in [-0.3, -0.25) is 9.48 Å². The normalized spacial score (nSPS) is 14.9. The second-order valence-electron chi connectivity index (χ2n) is 7.98. The Kier molecular flexibility index (Phi) is 6.67. The van der Waals surface area contributed by atoms with Gasteiger partial charge >= 0.3 is 0 Å². The van der Waals surface area contributed by atoms with Crippen molar-refractivity contribution < 1.29 is 14.3 Å². The van der Waals surface area contributed by atoms with Gasteiger partial charge in [0.05, 0.1) is 24.0 Å². The summed E-state index contributed by atoms with van der Waals surface area (Å²) in [6.07, 6.45) is 3.67. The number of nitrogens with one attached hydrogen (secondary N) is 1. The van der Waals surface area contributed by atoms with Crippen LogP contribution in [0.5, 0.6) is 11.5 Å². The molecule has 2 heterocycles. The van der Waals surface area contributed by atoms with Crippen molar-refractivity contribution in [3.05, 3.63) is 59.2 Å². The summed E-state index contributed by atoms with van der Waals surface area (Å²) in [7, 11) is 5.53. The molecule has 168 valence electrons. The Hall–Kier alpha value is -3.03. The van der Waals surface area contributed by atoms with Crippen LogP contribution in [0.4, 0.5) is 5.69 Å². The molecule has 0 radical (unpaired) electrons. The molecule has 3 aromatic rings. The Morgan fingerprint density at radius 3 is 2.62 bits per heavy atom. The zero-order valence-corrected chi connectivity index (χ0v) is 19.2. The van der Waals surface area contributed by atoms with Crippen LogP contribution in [0, 0.1) is 0 Å². The number of anilines is 1. The maximum absolute atomic E-state index is 12.8. The molecule has 1 N–H and O–H groups in total. The van der Waals surface area contributed by atoms with Crippen LogP contribution in [-0.4, -0.2) is 53.9 Å². The van der Waals surface area contributed by atoms with E-state index in [1.54, 1.807) is 42.3 Å². The fraction of sp³-hybridized carbons (Fsp3) is 0.333. The van der Waals surface area contributed by atoms with Crippen LogP contribution >= 0.6 is 11.6 Å². The van der Waals surface area contributed by atoms with E-state index in [1.807, 2.05) is 25.2 Å². The molecule has 1 amide bonds. The minimum atomic E-state index is -0.227. The van der Waals surface area contributed by atoms with Crippen molar-refractivity contribution in [2.24, 2.45) is 7.05 Å². The molecule has 0 spiro atoms. The van der Waals surface area contributed by atoms with Crippen LogP contribution in [0.2, 0.25) is 5.02 Å². The molecule has 8 heteroatoms. The van der Waals surface area contributed by atoms with Crippen molar-refractivity contribution in [1.82, 2.24) is 14.7 Å². The smallest absolute Gasteiger partial charge is 0.255 e. The number of nitrogens with zero attached hydrogens (tertiary/aromatic N) is 3. The summed E-state index contributed by atoms with van der Waals surface area (Å²) >= 11 is 6.45. The molecule has 1 aromatic heterocycles. The Morgan fingerprint density at radius 1 is 1.16 bits per heavy atom. The Labute approximate surface area is 192 Å². The molecule has 0 aliphatic carbocycles. The molecular formula is C24H27ClN4O3. The molecule has 1 aliphatic heterocycles. The third-order valence-electron chi connectivity index (χ3n) is 5.68. The third kappa shape index (κ3) is 4.89. The zero-order chi connectivity index (χ0) is 22.7. The van der Waals surface area contributed by atoms with Crippen LogP contribution in [0.3, 0.4) is 0 Å². The summed E-state index contributed by atoms with van der Waals surface area (Å²) in [5, 5.41) is 7.75. The number of amides is 1. The first-order valence-corrected chi connectivity index (χ1v) is 10.9. The topological polar surface area (TPSA) is 68.6 Å². The van der Waals surface area contributed by atoms with Crippen molar-refractivity contribution in [2.75, 3.05) is 32.6 Å². The number of methoxy groups -OCH3 is 1. The second kappa shape index (κ2) is 9.63. The van der Waals surface area contributed by atoms with Crippen LogP contribution in [0.1, 0.15) is 23.2 Å². The van der Waals surface area contributed by atoms with Gasteiger partial charge in [-0.25, -0.2) is 0 Å². The molecule has 1 fully saturated rings. The van der Waals surface area contributed by atoms with E-state index >= 15 is 0 Å². The first kappa shape index (κ1) is 22.2. The van der Waals surface area contributed by atoms with Crippen molar-refractivity contribution in [3.8, 4) is 22.8 Å². The average Bonchev–Trinajstić information content (AvgIpc) is 3.14. The largest absolute Gasteiger partial charge is 0.497 e. The predicted octanol–water partition coefficient (Wildman–Crippen LogP) is 4.47. The standard InChI is InChI=1S/C24H27ClN4O3/c1-28-11-9-18(10-12-28)32-22-8-7-17(14-20(22)23-21(25)15-26-29(23)2)27-24(30)16-5-4-6-19(13-16)31-3/h4-8,13-15,18H,9-12H2,1-3H3,(H,27,30). The molecule has 32 heavy (non-hydrogen) atoms. The summed E-state index contributed by atoms with van der Waals surface area (Å²) in [5.41, 5.74) is 2.68. The van der Waals surface area contributed by atoms with Crippen LogP contribution in [0.25, 0.3) is 11.3 Å². The number of rotatable bonds is 6. The maximum Gasteiger partial charge on any atom is 0.255 e. The molecule has 7 nitrogen and oxygen atoms in total. The molecule has 1 saturated heterocycles. The highest BCUT2D eigenvalue weighted by molar-refractivity contribution is 6.33. The summed E-state index contributed by atoms with van der Waals surface area (Å²) in [4.78, 5) is 15.1. The third-order valence-corrected chi connectivity index (χ3v) is 5.95. The summed E-state index contributed by atoms with van der Waals surface area (Å²) in [6.45, 7) is 2.00. The van der Waals surface area contributed by atoms with E-state index in [0.717, 1.165) is 42.9 Å². The monoisotopic (exact) mass is 454 g/mol. The first-order chi connectivity index (χ1) is 15.4. The van der Waals surface area contributed by atoms with Crippen LogP contribution < -0.4 is 14.8 Å². The lowest BCUT2D eigenvalue weighted by Gasteiger charge is -2.30. The van der Waals surface area contributed by atoms with E-state index < -0.39 is 0 Å². The number of hydrogen-bond donors (Lipinski definition) is 1. The molecular weight excluding hydrogens is 428 g/mol. The van der Waals surface area contributed by atoms with E-state index in [9.17, 15) is 4.79 Å². The Bertz CT molecular complexity index is 1090. The minimum Gasteiger partial charge on any atom is -0.497 e. The number of halogens is 1.